The topological polar surface area (TPSA) is 66.2 Å². The summed E-state index contributed by atoms with van der Waals surface area (Å²) >= 11 is 0. The molecule has 0 N–H and O–H groups in total. The summed E-state index contributed by atoms with van der Waals surface area (Å²) in [5.74, 6) is 1.96. The largest absolute Gasteiger partial charge is 0.356 e. The first-order valence-electron chi connectivity index (χ1n) is 9.28. The van der Waals surface area contributed by atoms with Gasteiger partial charge in [0.1, 0.15) is 5.82 Å². The first-order valence-corrected chi connectivity index (χ1v) is 9.28. The molecule has 0 spiro atoms. The molecule has 2 aliphatic heterocycles. The number of hydrogen-bond acceptors (Lipinski definition) is 7. The van der Waals surface area contributed by atoms with Gasteiger partial charge in [-0.2, -0.15) is 4.98 Å². The number of rotatable bonds is 5. The molecule has 0 atom stereocenters. The monoisotopic (exact) mass is 342 g/mol. The van der Waals surface area contributed by atoms with E-state index >= 15 is 0 Å². The third kappa shape index (κ3) is 4.07. The average molecular weight is 342 g/mol. The molecule has 2 aromatic heterocycles. The van der Waals surface area contributed by atoms with Crippen molar-refractivity contribution >= 4 is 11.8 Å². The lowest BCUT2D eigenvalue weighted by Crippen LogP contribution is -2.48. The van der Waals surface area contributed by atoms with E-state index in [1.165, 1.54) is 19.3 Å². The van der Waals surface area contributed by atoms with Gasteiger partial charge in [-0.1, -0.05) is 5.21 Å². The van der Waals surface area contributed by atoms with Crippen LogP contribution in [0.25, 0.3) is 0 Å². The smallest absolute Gasteiger partial charge is 0.227 e. The molecular formula is C17H26N8. The fraction of sp³-hybridized carbons (Fsp3) is 0.647. The molecule has 0 amide bonds. The van der Waals surface area contributed by atoms with Gasteiger partial charge in [0, 0.05) is 58.2 Å². The van der Waals surface area contributed by atoms with Crippen LogP contribution in [0.5, 0.6) is 0 Å². The van der Waals surface area contributed by atoms with Crippen molar-refractivity contribution in [3.8, 4) is 0 Å². The number of nitrogens with zero attached hydrogens (tertiary/aromatic N) is 8. The number of aromatic nitrogens is 5. The Labute approximate surface area is 148 Å². The molecule has 2 aliphatic rings. The van der Waals surface area contributed by atoms with Gasteiger partial charge >= 0.3 is 0 Å². The van der Waals surface area contributed by atoms with Gasteiger partial charge in [-0.25, -0.2) is 4.98 Å². The highest BCUT2D eigenvalue weighted by molar-refractivity contribution is 5.44. The maximum absolute atomic E-state index is 4.83. The van der Waals surface area contributed by atoms with Crippen LogP contribution in [0.2, 0.25) is 0 Å². The molecule has 4 heterocycles. The van der Waals surface area contributed by atoms with E-state index in [-0.39, 0.29) is 0 Å². The van der Waals surface area contributed by atoms with E-state index in [1.54, 1.807) is 6.20 Å². The summed E-state index contributed by atoms with van der Waals surface area (Å²) in [7, 11) is 0. The van der Waals surface area contributed by atoms with Crippen LogP contribution in [0.1, 0.15) is 19.3 Å². The normalized spacial score (nSPS) is 19.4. The molecule has 25 heavy (non-hydrogen) atoms. The standard InChI is InChI=1S/C17H26N8/c1-2-7-23(8-3-1)16-4-5-18-17(20-16)24-13-10-22(11-14-24)12-15-25-9-6-19-21-25/h4-6,9H,1-3,7-8,10-15H2. The minimum Gasteiger partial charge on any atom is -0.356 e. The van der Waals surface area contributed by atoms with E-state index in [0.29, 0.717) is 0 Å². The van der Waals surface area contributed by atoms with Crippen LogP contribution in [0.4, 0.5) is 11.8 Å². The van der Waals surface area contributed by atoms with Crippen molar-refractivity contribution < 1.29 is 0 Å². The summed E-state index contributed by atoms with van der Waals surface area (Å²) in [5.41, 5.74) is 0. The van der Waals surface area contributed by atoms with Crippen molar-refractivity contribution in [2.24, 2.45) is 0 Å². The minimum atomic E-state index is 0.874. The molecule has 0 radical (unpaired) electrons. The maximum atomic E-state index is 4.83. The number of hydrogen-bond donors (Lipinski definition) is 0. The Balaban J connectivity index is 1.31. The SMILES string of the molecule is c1cn(CCN2CCN(c3nccc(N4CCCCC4)n3)CC2)nn1. The zero-order valence-corrected chi connectivity index (χ0v) is 14.7. The van der Waals surface area contributed by atoms with Crippen molar-refractivity contribution in [3.05, 3.63) is 24.7 Å². The van der Waals surface area contributed by atoms with Gasteiger partial charge < -0.3 is 9.80 Å². The third-order valence-corrected chi connectivity index (χ3v) is 5.08. The predicted octanol–water partition coefficient (Wildman–Crippen LogP) is 0.881. The summed E-state index contributed by atoms with van der Waals surface area (Å²) in [5, 5.41) is 7.87. The van der Waals surface area contributed by atoms with Crippen LogP contribution in [-0.4, -0.2) is 75.7 Å². The van der Waals surface area contributed by atoms with Gasteiger partial charge in [0.15, 0.2) is 0 Å². The van der Waals surface area contributed by atoms with E-state index in [4.69, 9.17) is 4.98 Å². The Kier molecular flexibility index (Phi) is 5.06. The molecule has 0 bridgehead atoms. The quantitative estimate of drug-likeness (QED) is 0.799. The molecule has 134 valence electrons. The van der Waals surface area contributed by atoms with Crippen LogP contribution in [0, 0.1) is 0 Å². The molecule has 4 rings (SSSR count). The Bertz CT molecular complexity index is 644. The molecule has 0 saturated carbocycles. The van der Waals surface area contributed by atoms with Crippen LogP contribution < -0.4 is 9.80 Å². The zero-order valence-electron chi connectivity index (χ0n) is 14.7. The summed E-state index contributed by atoms with van der Waals surface area (Å²) in [6, 6.07) is 2.04. The number of piperazine rings is 1. The number of anilines is 2. The molecule has 2 aromatic rings. The summed E-state index contributed by atoms with van der Waals surface area (Å²) < 4.78 is 1.89. The molecule has 2 fully saturated rings. The van der Waals surface area contributed by atoms with Crippen molar-refractivity contribution in [2.75, 3.05) is 55.6 Å². The third-order valence-electron chi connectivity index (χ3n) is 5.08. The maximum Gasteiger partial charge on any atom is 0.227 e. The second-order valence-electron chi connectivity index (χ2n) is 6.76. The highest BCUT2D eigenvalue weighted by Crippen LogP contribution is 2.20. The lowest BCUT2D eigenvalue weighted by atomic mass is 10.1. The Hall–Kier alpha value is -2.22. The molecule has 8 nitrogen and oxygen atoms in total. The lowest BCUT2D eigenvalue weighted by Gasteiger charge is -2.35. The molecule has 2 saturated heterocycles. The fourth-order valence-corrected chi connectivity index (χ4v) is 3.56. The molecule has 0 unspecified atom stereocenters. The molecular weight excluding hydrogens is 316 g/mol. The van der Waals surface area contributed by atoms with Gasteiger partial charge in [-0.15, -0.1) is 5.10 Å². The Morgan fingerprint density at radius 2 is 1.68 bits per heavy atom. The molecule has 0 aliphatic carbocycles. The highest BCUT2D eigenvalue weighted by Gasteiger charge is 2.20. The average Bonchev–Trinajstić information content (AvgIpc) is 3.21. The fourth-order valence-electron chi connectivity index (χ4n) is 3.56. The molecule has 8 heteroatoms. The van der Waals surface area contributed by atoms with E-state index in [0.717, 1.165) is 64.1 Å². The van der Waals surface area contributed by atoms with Crippen LogP contribution in [0.15, 0.2) is 24.7 Å². The van der Waals surface area contributed by atoms with Gasteiger partial charge in [0.25, 0.3) is 0 Å². The summed E-state index contributed by atoms with van der Waals surface area (Å²) in [6.45, 7) is 8.14. The highest BCUT2D eigenvalue weighted by atomic mass is 15.4. The van der Waals surface area contributed by atoms with Gasteiger partial charge in [-0.05, 0) is 25.3 Å². The van der Waals surface area contributed by atoms with Gasteiger partial charge in [0.2, 0.25) is 5.95 Å². The molecule has 0 aromatic carbocycles. The first kappa shape index (κ1) is 16.3. The second-order valence-corrected chi connectivity index (χ2v) is 6.76. The Morgan fingerprint density at radius 3 is 2.44 bits per heavy atom. The van der Waals surface area contributed by atoms with Gasteiger partial charge in [0.05, 0.1) is 12.7 Å². The van der Waals surface area contributed by atoms with Crippen LogP contribution >= 0.6 is 0 Å². The van der Waals surface area contributed by atoms with E-state index in [2.05, 4.69) is 30.0 Å². The minimum absolute atomic E-state index is 0.874. The predicted molar refractivity (Wildman–Crippen MR) is 96.8 cm³/mol. The van der Waals surface area contributed by atoms with Gasteiger partial charge in [-0.3, -0.25) is 9.58 Å². The van der Waals surface area contributed by atoms with E-state index in [9.17, 15) is 0 Å². The zero-order chi connectivity index (χ0) is 16.9. The van der Waals surface area contributed by atoms with Crippen LogP contribution in [-0.2, 0) is 6.54 Å². The van der Waals surface area contributed by atoms with Crippen molar-refractivity contribution in [1.29, 1.82) is 0 Å². The summed E-state index contributed by atoms with van der Waals surface area (Å²) in [6.07, 6.45) is 9.42. The second kappa shape index (κ2) is 7.77. The number of piperidine rings is 1. The lowest BCUT2D eigenvalue weighted by molar-refractivity contribution is 0.242. The summed E-state index contributed by atoms with van der Waals surface area (Å²) in [4.78, 5) is 16.5. The van der Waals surface area contributed by atoms with E-state index in [1.807, 2.05) is 23.1 Å². The van der Waals surface area contributed by atoms with Crippen LogP contribution in [0.3, 0.4) is 0 Å². The van der Waals surface area contributed by atoms with Crippen molar-refractivity contribution in [1.82, 2.24) is 29.9 Å². The van der Waals surface area contributed by atoms with Crippen molar-refractivity contribution in [3.63, 3.8) is 0 Å². The van der Waals surface area contributed by atoms with E-state index < -0.39 is 0 Å². The van der Waals surface area contributed by atoms with Crippen molar-refractivity contribution in [2.45, 2.75) is 25.8 Å². The first-order chi connectivity index (χ1) is 12.4. The Morgan fingerprint density at radius 1 is 0.840 bits per heavy atom.